The molecule has 1 aliphatic heterocycles. The molecule has 0 radical (unpaired) electrons. The Morgan fingerprint density at radius 3 is 2.48 bits per heavy atom. The van der Waals surface area contributed by atoms with Gasteiger partial charge in [-0.05, 0) is 56.7 Å². The number of hydrogen-bond acceptors (Lipinski definition) is 2. The minimum atomic E-state index is 0.680. The van der Waals surface area contributed by atoms with Crippen molar-refractivity contribution in [2.24, 2.45) is 5.92 Å². The summed E-state index contributed by atoms with van der Waals surface area (Å²) in [6.07, 6.45) is 12.8. The molecule has 0 bridgehead atoms. The predicted molar refractivity (Wildman–Crippen MR) is 103 cm³/mol. The molecule has 134 valence electrons. The van der Waals surface area contributed by atoms with E-state index >= 15 is 0 Å². The van der Waals surface area contributed by atoms with Crippen molar-refractivity contribution in [3.63, 3.8) is 0 Å². The molecule has 0 atom stereocenters. The Balaban J connectivity index is 1.25. The van der Waals surface area contributed by atoms with Gasteiger partial charge < -0.3 is 4.98 Å². The van der Waals surface area contributed by atoms with Crippen LogP contribution in [0.3, 0.4) is 0 Å². The number of H-pyrrole nitrogens is 1. The molecular weight excluding hydrogens is 306 g/mol. The van der Waals surface area contributed by atoms with E-state index in [-0.39, 0.29) is 0 Å². The second-order valence-corrected chi connectivity index (χ2v) is 8.02. The number of rotatable bonds is 5. The molecule has 3 heteroatoms. The first-order chi connectivity index (χ1) is 12.4. The summed E-state index contributed by atoms with van der Waals surface area (Å²) >= 11 is 0. The molecule has 3 nitrogen and oxygen atoms in total. The number of benzene rings is 1. The summed E-state index contributed by atoms with van der Waals surface area (Å²) in [5.74, 6) is 2.77. The quantitative estimate of drug-likeness (QED) is 0.840. The number of likely N-dealkylation sites (tertiary alicyclic amines) is 1. The van der Waals surface area contributed by atoms with Crippen LogP contribution in [-0.2, 0) is 13.0 Å². The number of nitrogens with one attached hydrogen (secondary N) is 1. The van der Waals surface area contributed by atoms with Crippen LogP contribution in [0.15, 0.2) is 36.5 Å². The van der Waals surface area contributed by atoms with Gasteiger partial charge in [0.05, 0.1) is 5.69 Å². The molecule has 0 amide bonds. The monoisotopic (exact) mass is 337 g/mol. The minimum absolute atomic E-state index is 0.680. The van der Waals surface area contributed by atoms with Crippen LogP contribution in [0, 0.1) is 5.92 Å². The Morgan fingerprint density at radius 2 is 1.72 bits per heavy atom. The zero-order valence-electron chi connectivity index (χ0n) is 15.3. The Kier molecular flexibility index (Phi) is 5.51. The number of imidazole rings is 1. The summed E-state index contributed by atoms with van der Waals surface area (Å²) in [5.41, 5.74) is 2.73. The number of nitrogens with zero attached hydrogens (tertiary/aromatic N) is 2. The van der Waals surface area contributed by atoms with Crippen LogP contribution in [0.1, 0.15) is 67.9 Å². The van der Waals surface area contributed by atoms with E-state index in [0.717, 1.165) is 12.5 Å². The lowest BCUT2D eigenvalue weighted by molar-refractivity contribution is 0.175. The van der Waals surface area contributed by atoms with E-state index in [1.54, 1.807) is 0 Å². The van der Waals surface area contributed by atoms with Crippen molar-refractivity contribution in [3.8, 4) is 0 Å². The van der Waals surface area contributed by atoms with E-state index < -0.39 is 0 Å². The molecule has 1 saturated carbocycles. The Hall–Kier alpha value is -1.61. The summed E-state index contributed by atoms with van der Waals surface area (Å²) in [7, 11) is 0. The lowest BCUT2D eigenvalue weighted by atomic mass is 9.89. The van der Waals surface area contributed by atoms with Crippen molar-refractivity contribution in [2.75, 3.05) is 13.1 Å². The second kappa shape index (κ2) is 8.18. The van der Waals surface area contributed by atoms with Gasteiger partial charge in [0.1, 0.15) is 5.82 Å². The number of piperidine rings is 1. The molecule has 1 saturated heterocycles. The largest absolute Gasteiger partial charge is 0.348 e. The molecule has 1 aromatic heterocycles. The van der Waals surface area contributed by atoms with Gasteiger partial charge in [0.2, 0.25) is 0 Å². The van der Waals surface area contributed by atoms with E-state index in [1.165, 1.54) is 81.5 Å². The average molecular weight is 338 g/mol. The third-order valence-electron chi connectivity index (χ3n) is 6.10. The molecule has 2 fully saturated rings. The highest BCUT2D eigenvalue weighted by Crippen LogP contribution is 2.31. The van der Waals surface area contributed by atoms with Gasteiger partial charge in [0, 0.05) is 18.7 Å². The van der Waals surface area contributed by atoms with Gasteiger partial charge in [0.15, 0.2) is 0 Å². The lowest BCUT2D eigenvalue weighted by Crippen LogP contribution is -2.34. The van der Waals surface area contributed by atoms with Gasteiger partial charge in [-0.25, -0.2) is 4.98 Å². The third kappa shape index (κ3) is 4.52. The molecule has 2 heterocycles. The second-order valence-electron chi connectivity index (χ2n) is 8.02. The summed E-state index contributed by atoms with van der Waals surface area (Å²) < 4.78 is 0. The molecule has 1 aliphatic carbocycles. The fraction of sp³-hybridized carbons (Fsp3) is 0.591. The van der Waals surface area contributed by atoms with E-state index in [2.05, 4.69) is 46.4 Å². The van der Waals surface area contributed by atoms with Crippen molar-refractivity contribution in [1.82, 2.24) is 14.9 Å². The zero-order chi connectivity index (χ0) is 16.9. The summed E-state index contributed by atoms with van der Waals surface area (Å²) in [6.45, 7) is 3.44. The lowest BCUT2D eigenvalue weighted by Gasteiger charge is -2.31. The first kappa shape index (κ1) is 16.8. The fourth-order valence-corrected chi connectivity index (χ4v) is 4.57. The van der Waals surface area contributed by atoms with Gasteiger partial charge in [-0.2, -0.15) is 0 Å². The average Bonchev–Trinajstić information content (AvgIpc) is 3.14. The Morgan fingerprint density at radius 1 is 0.960 bits per heavy atom. The van der Waals surface area contributed by atoms with Crippen LogP contribution in [0.4, 0.5) is 0 Å². The van der Waals surface area contributed by atoms with Crippen LogP contribution in [0.5, 0.6) is 0 Å². The maximum atomic E-state index is 4.92. The van der Waals surface area contributed by atoms with Gasteiger partial charge in [-0.1, -0.05) is 49.6 Å². The molecule has 0 unspecified atom stereocenters. The van der Waals surface area contributed by atoms with Crippen LogP contribution < -0.4 is 0 Å². The molecule has 2 aliphatic rings. The normalized spacial score (nSPS) is 20.8. The highest BCUT2D eigenvalue weighted by molar-refractivity contribution is 5.15. The fourth-order valence-electron chi connectivity index (χ4n) is 4.57. The highest BCUT2D eigenvalue weighted by atomic mass is 15.1. The van der Waals surface area contributed by atoms with Crippen molar-refractivity contribution in [1.29, 1.82) is 0 Å². The number of hydrogen-bond donors (Lipinski definition) is 1. The first-order valence-corrected chi connectivity index (χ1v) is 10.2. The summed E-state index contributed by atoms with van der Waals surface area (Å²) in [4.78, 5) is 11.0. The maximum Gasteiger partial charge on any atom is 0.109 e. The smallest absolute Gasteiger partial charge is 0.109 e. The van der Waals surface area contributed by atoms with E-state index in [1.807, 2.05) is 0 Å². The van der Waals surface area contributed by atoms with Gasteiger partial charge in [-0.3, -0.25) is 4.90 Å². The first-order valence-electron chi connectivity index (χ1n) is 10.2. The van der Waals surface area contributed by atoms with E-state index in [4.69, 9.17) is 4.98 Å². The molecule has 1 N–H and O–H groups in total. The van der Waals surface area contributed by atoms with Crippen molar-refractivity contribution in [2.45, 2.75) is 63.8 Å². The van der Waals surface area contributed by atoms with E-state index in [9.17, 15) is 0 Å². The zero-order valence-corrected chi connectivity index (χ0v) is 15.3. The van der Waals surface area contributed by atoms with Crippen molar-refractivity contribution < 1.29 is 0 Å². The van der Waals surface area contributed by atoms with Crippen LogP contribution >= 0.6 is 0 Å². The molecule has 1 aromatic carbocycles. The SMILES string of the molecule is c1ccc(CC2CCN(Cc3c[nH]c(C4CCCCC4)n3)CC2)cc1. The van der Waals surface area contributed by atoms with Crippen molar-refractivity contribution >= 4 is 0 Å². The molecule has 25 heavy (non-hydrogen) atoms. The number of aromatic nitrogens is 2. The highest BCUT2D eigenvalue weighted by Gasteiger charge is 2.22. The molecule has 4 rings (SSSR count). The Labute approximate surface area is 151 Å². The van der Waals surface area contributed by atoms with Gasteiger partial charge in [0.25, 0.3) is 0 Å². The predicted octanol–water partition coefficient (Wildman–Crippen LogP) is 4.91. The van der Waals surface area contributed by atoms with Gasteiger partial charge in [-0.15, -0.1) is 0 Å². The van der Waals surface area contributed by atoms with E-state index in [0.29, 0.717) is 5.92 Å². The van der Waals surface area contributed by atoms with Crippen molar-refractivity contribution in [3.05, 3.63) is 53.6 Å². The molecule has 2 aromatic rings. The Bertz CT molecular complexity index is 634. The topological polar surface area (TPSA) is 31.9 Å². The standard InChI is InChI=1S/C22H31N3/c1-3-7-18(8-4-1)15-19-11-13-25(14-12-19)17-21-16-23-22(24-21)20-9-5-2-6-10-20/h1,3-4,7-8,16,19-20H,2,5-6,9-15,17H2,(H,23,24). The van der Waals surface area contributed by atoms with Crippen LogP contribution in [0.25, 0.3) is 0 Å². The minimum Gasteiger partial charge on any atom is -0.348 e. The van der Waals surface area contributed by atoms with Crippen LogP contribution in [-0.4, -0.2) is 28.0 Å². The third-order valence-corrected chi connectivity index (χ3v) is 6.10. The summed E-state index contributed by atoms with van der Waals surface area (Å²) in [5, 5.41) is 0. The van der Waals surface area contributed by atoms with Crippen LogP contribution in [0.2, 0.25) is 0 Å². The maximum absolute atomic E-state index is 4.92. The summed E-state index contributed by atoms with van der Waals surface area (Å²) in [6, 6.07) is 11.0. The van der Waals surface area contributed by atoms with Gasteiger partial charge >= 0.3 is 0 Å². The molecule has 0 spiro atoms. The number of aromatic amines is 1. The molecular formula is C22H31N3.